The number of hydrogen-bond donors (Lipinski definition) is 0. The van der Waals surface area contributed by atoms with Crippen molar-refractivity contribution in [1.82, 2.24) is 5.23 Å². The molecule has 0 aliphatic heterocycles. The van der Waals surface area contributed by atoms with Crippen LogP contribution in [0.25, 0.3) is 0 Å². The third-order valence-corrected chi connectivity index (χ3v) is 2.79. The zero-order valence-electron chi connectivity index (χ0n) is 12.6. The molecule has 0 saturated carbocycles. The lowest BCUT2D eigenvalue weighted by molar-refractivity contribution is -0.295. The van der Waals surface area contributed by atoms with Gasteiger partial charge in [0.1, 0.15) is 11.6 Å². The van der Waals surface area contributed by atoms with E-state index in [0.717, 1.165) is 24.3 Å². The van der Waals surface area contributed by atoms with Gasteiger partial charge in [-0.05, 0) is 55.5 Å². The topological polar surface area (TPSA) is 55.8 Å². The molecule has 0 unspecified atom stereocenters. The zero-order valence-corrected chi connectivity index (χ0v) is 13.4. The molecule has 128 valence electrons. The van der Waals surface area contributed by atoms with Crippen LogP contribution in [0.2, 0.25) is 0 Å². The Balaban J connectivity index is 0.00000288. The average molecular weight is 358 g/mol. The quantitative estimate of drug-likeness (QED) is 0.766. The Bertz CT molecular complexity index is 633. The van der Waals surface area contributed by atoms with Crippen molar-refractivity contribution in [1.29, 1.82) is 0 Å². The molecule has 0 atom stereocenters. The van der Waals surface area contributed by atoms with Crippen LogP contribution in [0, 0.1) is 11.6 Å². The van der Waals surface area contributed by atoms with Gasteiger partial charge in [0.25, 0.3) is 0 Å². The summed E-state index contributed by atoms with van der Waals surface area (Å²) >= 11 is 0. The highest BCUT2D eigenvalue weighted by molar-refractivity contribution is 5.90. The first-order valence-electron chi connectivity index (χ1n) is 6.73. The maximum Gasteiger partial charge on any atom is 0.360 e. The first-order valence-corrected chi connectivity index (χ1v) is 6.73. The molecule has 0 heterocycles. The van der Waals surface area contributed by atoms with Crippen molar-refractivity contribution in [2.45, 2.75) is 6.92 Å². The van der Waals surface area contributed by atoms with Crippen molar-refractivity contribution in [3.63, 3.8) is 0 Å². The maximum atomic E-state index is 12.8. The van der Waals surface area contributed by atoms with Gasteiger partial charge in [-0.1, -0.05) is 0 Å². The predicted octanol–water partition coefficient (Wildman–Crippen LogP) is 3.55. The normalized spacial score (nSPS) is 10.0. The molecule has 0 aliphatic carbocycles. The van der Waals surface area contributed by atoms with E-state index in [0.29, 0.717) is 5.23 Å². The average Bonchev–Trinajstić information content (AvgIpc) is 2.55. The van der Waals surface area contributed by atoms with Crippen molar-refractivity contribution in [2.75, 3.05) is 6.54 Å². The zero-order chi connectivity index (χ0) is 16.8. The highest BCUT2D eigenvalue weighted by Crippen LogP contribution is 2.09. The summed E-state index contributed by atoms with van der Waals surface area (Å²) in [6.45, 7) is 1.66. The third kappa shape index (κ3) is 5.29. The summed E-state index contributed by atoms with van der Waals surface area (Å²) in [7, 11) is 0. The molecule has 0 spiro atoms. The Kier molecular flexibility index (Phi) is 7.29. The van der Waals surface area contributed by atoms with E-state index in [1.807, 2.05) is 0 Å². The van der Waals surface area contributed by atoms with Crippen LogP contribution in [0.4, 0.5) is 8.78 Å². The lowest BCUT2D eigenvalue weighted by Crippen LogP contribution is -2.30. The van der Waals surface area contributed by atoms with Crippen molar-refractivity contribution in [3.8, 4) is 0 Å². The minimum atomic E-state index is -0.807. The molecule has 0 fully saturated rings. The fourth-order valence-electron chi connectivity index (χ4n) is 1.61. The smallest absolute Gasteiger partial charge is 0.328 e. The second-order valence-electron chi connectivity index (χ2n) is 4.42. The number of benzene rings is 2. The first-order chi connectivity index (χ1) is 11.0. The second kappa shape index (κ2) is 8.95. The van der Waals surface area contributed by atoms with E-state index < -0.39 is 23.6 Å². The Morgan fingerprint density at radius 3 is 1.46 bits per heavy atom. The molecule has 2 rings (SSSR count). The lowest BCUT2D eigenvalue weighted by Gasteiger charge is -2.17. The van der Waals surface area contributed by atoms with E-state index in [2.05, 4.69) is 0 Å². The van der Waals surface area contributed by atoms with E-state index in [1.54, 1.807) is 6.92 Å². The minimum Gasteiger partial charge on any atom is -0.328 e. The van der Waals surface area contributed by atoms with Gasteiger partial charge in [0, 0.05) is 5.23 Å². The highest BCUT2D eigenvalue weighted by Gasteiger charge is 2.18. The Hall–Kier alpha value is -2.51. The number of halogens is 3. The van der Waals surface area contributed by atoms with Crippen molar-refractivity contribution in [2.24, 2.45) is 0 Å². The summed E-state index contributed by atoms with van der Waals surface area (Å²) in [5.41, 5.74) is 0.199. The number of nitrogens with zero attached hydrogens (tertiary/aromatic N) is 1. The molecule has 0 N–H and O–H groups in total. The standard InChI is InChI=1S/C16H13F2NO4.ClH/c1-2-19(22-15(20)11-3-7-13(17)8-4-11)23-16(21)12-5-9-14(18)10-6-12;/h3-10H,2H2,1H3;1H. The summed E-state index contributed by atoms with van der Waals surface area (Å²) in [6.07, 6.45) is 0. The summed E-state index contributed by atoms with van der Waals surface area (Å²) < 4.78 is 25.6. The monoisotopic (exact) mass is 357 g/mol. The molecule has 0 radical (unpaired) electrons. The summed E-state index contributed by atoms with van der Waals surface area (Å²) in [5, 5.41) is 0.692. The third-order valence-electron chi connectivity index (χ3n) is 2.79. The molecule has 0 aliphatic rings. The SMILES string of the molecule is CCN(OC(=O)c1ccc(F)cc1)OC(=O)c1ccc(F)cc1.Cl. The molecule has 8 heteroatoms. The maximum absolute atomic E-state index is 12.8. The van der Waals surface area contributed by atoms with E-state index in [4.69, 9.17) is 9.68 Å². The molecule has 2 aromatic carbocycles. The van der Waals surface area contributed by atoms with Crippen molar-refractivity contribution < 1.29 is 28.0 Å². The fraction of sp³-hybridized carbons (Fsp3) is 0.125. The van der Waals surface area contributed by atoms with E-state index >= 15 is 0 Å². The fourth-order valence-corrected chi connectivity index (χ4v) is 1.61. The molecule has 0 amide bonds. The molecular weight excluding hydrogens is 344 g/mol. The van der Waals surface area contributed by atoms with Gasteiger partial charge in [-0.25, -0.2) is 18.4 Å². The van der Waals surface area contributed by atoms with Crippen LogP contribution in [-0.4, -0.2) is 23.7 Å². The molecule has 2 aromatic rings. The molecule has 0 saturated heterocycles. The number of carbonyl (C=O) groups is 2. The molecular formula is C16H14ClF2NO4. The van der Waals surface area contributed by atoms with Gasteiger partial charge >= 0.3 is 11.9 Å². The van der Waals surface area contributed by atoms with Gasteiger partial charge in [-0.2, -0.15) is 0 Å². The van der Waals surface area contributed by atoms with Gasteiger partial charge in [-0.3, -0.25) is 0 Å². The Labute approximate surface area is 143 Å². The van der Waals surface area contributed by atoms with Crippen LogP contribution in [0.5, 0.6) is 0 Å². The van der Waals surface area contributed by atoms with E-state index in [9.17, 15) is 18.4 Å². The highest BCUT2D eigenvalue weighted by atomic mass is 35.5. The van der Waals surface area contributed by atoms with Gasteiger partial charge in [0.15, 0.2) is 0 Å². The van der Waals surface area contributed by atoms with Crippen molar-refractivity contribution >= 4 is 24.3 Å². The van der Waals surface area contributed by atoms with Crippen LogP contribution in [0.15, 0.2) is 48.5 Å². The summed E-state index contributed by atoms with van der Waals surface area (Å²) in [5.74, 6) is -2.59. The van der Waals surface area contributed by atoms with Crippen LogP contribution in [0.1, 0.15) is 27.6 Å². The van der Waals surface area contributed by atoms with Crippen LogP contribution in [0.3, 0.4) is 0 Å². The summed E-state index contributed by atoms with van der Waals surface area (Å²) in [4.78, 5) is 33.5. The Morgan fingerprint density at radius 1 is 0.833 bits per heavy atom. The number of hydrogen-bond acceptors (Lipinski definition) is 5. The molecule has 0 bridgehead atoms. The second-order valence-corrected chi connectivity index (χ2v) is 4.42. The predicted molar refractivity (Wildman–Crippen MR) is 83.3 cm³/mol. The Morgan fingerprint density at radius 2 is 1.17 bits per heavy atom. The van der Waals surface area contributed by atoms with Crippen LogP contribution in [-0.2, 0) is 9.68 Å². The van der Waals surface area contributed by atoms with E-state index in [-0.39, 0.29) is 30.1 Å². The largest absolute Gasteiger partial charge is 0.360 e. The van der Waals surface area contributed by atoms with Gasteiger partial charge in [0.2, 0.25) is 0 Å². The van der Waals surface area contributed by atoms with Crippen molar-refractivity contribution in [3.05, 3.63) is 71.3 Å². The van der Waals surface area contributed by atoms with Gasteiger partial charge in [-0.15, -0.1) is 12.4 Å². The van der Waals surface area contributed by atoms with Crippen LogP contribution < -0.4 is 0 Å². The summed E-state index contributed by atoms with van der Waals surface area (Å²) in [6, 6.07) is 9.41. The molecule has 0 aromatic heterocycles. The first kappa shape index (κ1) is 19.5. The van der Waals surface area contributed by atoms with Gasteiger partial charge < -0.3 is 9.68 Å². The van der Waals surface area contributed by atoms with E-state index in [1.165, 1.54) is 24.3 Å². The minimum absolute atomic E-state index is 0. The molecule has 24 heavy (non-hydrogen) atoms. The van der Waals surface area contributed by atoms with Crippen LogP contribution >= 0.6 is 12.4 Å². The van der Waals surface area contributed by atoms with Gasteiger partial charge in [0.05, 0.1) is 17.7 Å². The lowest BCUT2D eigenvalue weighted by atomic mass is 10.2. The molecule has 5 nitrogen and oxygen atoms in total. The number of rotatable bonds is 5. The number of hydroxylamine groups is 2. The number of carbonyl (C=O) groups excluding carboxylic acids is 2.